The average Bonchev–Trinajstić information content (AvgIpc) is 3.00. The van der Waals surface area contributed by atoms with Gasteiger partial charge in [-0.25, -0.2) is 0 Å². The van der Waals surface area contributed by atoms with Crippen molar-refractivity contribution in [1.29, 1.82) is 0 Å². The highest BCUT2D eigenvalue weighted by Crippen LogP contribution is 2.40. The minimum absolute atomic E-state index is 0.0435. The predicted octanol–water partition coefficient (Wildman–Crippen LogP) is 6.15. The van der Waals surface area contributed by atoms with Crippen molar-refractivity contribution in [2.75, 3.05) is 13.7 Å². The molecule has 0 fully saturated rings. The van der Waals surface area contributed by atoms with Crippen molar-refractivity contribution in [2.45, 2.75) is 26.3 Å². The van der Waals surface area contributed by atoms with Crippen LogP contribution in [0.25, 0.3) is 10.9 Å². The molecule has 1 heterocycles. The fraction of sp³-hybridized carbons (Fsp3) is 0.286. The summed E-state index contributed by atoms with van der Waals surface area (Å²) in [7, 11) is 1.56. The third-order valence-corrected chi connectivity index (χ3v) is 5.01. The topological polar surface area (TPSA) is 85.4 Å². The molecule has 0 atom stereocenters. The zero-order valence-corrected chi connectivity index (χ0v) is 18.1. The Morgan fingerprint density at radius 1 is 1.20 bits per heavy atom. The minimum Gasteiger partial charge on any atom is -0.497 e. The second-order valence-electron chi connectivity index (χ2n) is 6.42. The smallest absolute Gasteiger partial charge is 0.264 e. The van der Waals surface area contributed by atoms with Gasteiger partial charge in [0.25, 0.3) is 5.91 Å². The molecular weight excluding hydrogens is 429 g/mol. The van der Waals surface area contributed by atoms with E-state index < -0.39 is 5.91 Å². The van der Waals surface area contributed by atoms with Gasteiger partial charge in [0.1, 0.15) is 11.5 Å². The second kappa shape index (κ2) is 9.82. The van der Waals surface area contributed by atoms with Gasteiger partial charge in [-0.1, -0.05) is 23.2 Å². The van der Waals surface area contributed by atoms with E-state index in [0.717, 1.165) is 5.52 Å². The summed E-state index contributed by atoms with van der Waals surface area (Å²) in [6.45, 7) is 2.74. The molecule has 1 amide bonds. The van der Waals surface area contributed by atoms with E-state index in [1.54, 1.807) is 42.0 Å². The van der Waals surface area contributed by atoms with Gasteiger partial charge in [0.2, 0.25) is 5.88 Å². The molecule has 0 spiro atoms. The van der Waals surface area contributed by atoms with Crippen LogP contribution in [-0.2, 0) is 11.3 Å². The van der Waals surface area contributed by atoms with Crippen LogP contribution in [0.15, 0.2) is 46.6 Å². The SMILES string of the molecule is CCn1c(O)c(N=NC(=O)CCCOc2ccc(Cl)cc2Cl)c2cc(OC)ccc21. The Balaban J connectivity index is 1.64. The molecule has 0 aliphatic heterocycles. The van der Waals surface area contributed by atoms with E-state index in [1.165, 1.54) is 0 Å². The van der Waals surface area contributed by atoms with E-state index in [1.807, 2.05) is 13.0 Å². The fourth-order valence-corrected chi connectivity index (χ4v) is 3.46. The number of azo groups is 1. The number of hydrogen-bond acceptors (Lipinski definition) is 5. The van der Waals surface area contributed by atoms with Crippen LogP contribution in [0, 0.1) is 0 Å². The van der Waals surface area contributed by atoms with Gasteiger partial charge in [-0.2, -0.15) is 0 Å². The Bertz CT molecular complexity index is 1100. The van der Waals surface area contributed by atoms with Crippen LogP contribution in [0.5, 0.6) is 17.4 Å². The van der Waals surface area contributed by atoms with Crippen molar-refractivity contribution in [3.05, 3.63) is 46.4 Å². The van der Waals surface area contributed by atoms with Gasteiger partial charge in [0, 0.05) is 23.4 Å². The van der Waals surface area contributed by atoms with Gasteiger partial charge in [-0.3, -0.25) is 4.79 Å². The molecule has 30 heavy (non-hydrogen) atoms. The van der Waals surface area contributed by atoms with E-state index in [0.29, 0.717) is 46.5 Å². The number of aromatic nitrogens is 1. The normalized spacial score (nSPS) is 11.3. The van der Waals surface area contributed by atoms with Gasteiger partial charge in [0.05, 0.1) is 24.3 Å². The number of rotatable bonds is 8. The Kier molecular flexibility index (Phi) is 7.18. The molecule has 1 aromatic heterocycles. The quantitative estimate of drug-likeness (QED) is 0.329. The van der Waals surface area contributed by atoms with Crippen molar-refractivity contribution in [2.24, 2.45) is 10.2 Å². The Labute approximate surface area is 183 Å². The lowest BCUT2D eigenvalue weighted by atomic mass is 10.2. The molecule has 9 heteroatoms. The van der Waals surface area contributed by atoms with Crippen molar-refractivity contribution >= 4 is 45.7 Å². The minimum atomic E-state index is -0.416. The number of methoxy groups -OCH3 is 1. The highest BCUT2D eigenvalue weighted by atomic mass is 35.5. The van der Waals surface area contributed by atoms with E-state index in [2.05, 4.69) is 10.2 Å². The number of carbonyl (C=O) groups excluding carboxylic acids is 1. The van der Waals surface area contributed by atoms with Crippen LogP contribution >= 0.6 is 23.2 Å². The molecule has 0 aliphatic rings. The van der Waals surface area contributed by atoms with Crippen LogP contribution in [0.4, 0.5) is 5.69 Å². The first-order chi connectivity index (χ1) is 14.4. The summed E-state index contributed by atoms with van der Waals surface area (Å²) in [5.41, 5.74) is 1.02. The molecule has 7 nitrogen and oxygen atoms in total. The molecule has 3 rings (SSSR count). The van der Waals surface area contributed by atoms with Gasteiger partial charge in [-0.05, 0) is 49.7 Å². The van der Waals surface area contributed by atoms with E-state index in [-0.39, 0.29) is 18.0 Å². The van der Waals surface area contributed by atoms with Gasteiger partial charge >= 0.3 is 0 Å². The molecular formula is C21H21Cl2N3O4. The first-order valence-corrected chi connectivity index (χ1v) is 10.1. The van der Waals surface area contributed by atoms with Crippen molar-refractivity contribution in [3.8, 4) is 17.4 Å². The fourth-order valence-electron chi connectivity index (χ4n) is 3.00. The Morgan fingerprint density at radius 3 is 2.70 bits per heavy atom. The summed E-state index contributed by atoms with van der Waals surface area (Å²) in [4.78, 5) is 12.1. The largest absolute Gasteiger partial charge is 0.497 e. The predicted molar refractivity (Wildman–Crippen MR) is 117 cm³/mol. The molecule has 0 aliphatic carbocycles. The third-order valence-electron chi connectivity index (χ3n) is 4.48. The van der Waals surface area contributed by atoms with E-state index in [9.17, 15) is 9.90 Å². The zero-order chi connectivity index (χ0) is 21.7. The number of nitrogens with zero attached hydrogens (tertiary/aromatic N) is 3. The van der Waals surface area contributed by atoms with E-state index in [4.69, 9.17) is 32.7 Å². The Morgan fingerprint density at radius 2 is 2.00 bits per heavy atom. The number of halogens is 2. The molecule has 3 aromatic rings. The Hall–Kier alpha value is -2.77. The molecule has 0 unspecified atom stereocenters. The van der Waals surface area contributed by atoms with E-state index >= 15 is 0 Å². The lowest BCUT2D eigenvalue weighted by Crippen LogP contribution is -2.01. The van der Waals surface area contributed by atoms with Gasteiger partial charge in [-0.15, -0.1) is 10.2 Å². The number of hydrogen-bond donors (Lipinski definition) is 1. The summed E-state index contributed by atoms with van der Waals surface area (Å²) in [5, 5.41) is 19.8. The van der Waals surface area contributed by atoms with Crippen LogP contribution < -0.4 is 9.47 Å². The number of amides is 1. The monoisotopic (exact) mass is 449 g/mol. The molecule has 0 bridgehead atoms. The summed E-state index contributed by atoms with van der Waals surface area (Å²) in [6.07, 6.45) is 0.582. The highest BCUT2D eigenvalue weighted by Gasteiger charge is 2.17. The third kappa shape index (κ3) is 4.86. The maximum absolute atomic E-state index is 12.1. The number of aromatic hydroxyl groups is 1. The van der Waals surface area contributed by atoms with Crippen molar-refractivity contribution < 1.29 is 19.4 Å². The number of aryl methyl sites for hydroxylation is 1. The average molecular weight is 450 g/mol. The molecule has 0 radical (unpaired) electrons. The first kappa shape index (κ1) is 21.9. The maximum atomic E-state index is 12.1. The van der Waals surface area contributed by atoms with Crippen molar-refractivity contribution in [1.82, 2.24) is 4.57 Å². The standard InChI is InChI=1S/C21H21Cl2N3O4/c1-3-26-17-8-7-14(29-2)12-15(17)20(21(26)28)25-24-19(27)5-4-10-30-18-9-6-13(22)11-16(18)23/h6-9,11-12,28H,3-5,10H2,1-2H3. The summed E-state index contributed by atoms with van der Waals surface area (Å²) >= 11 is 11.9. The first-order valence-electron chi connectivity index (χ1n) is 9.36. The lowest BCUT2D eigenvalue weighted by Gasteiger charge is -2.07. The molecule has 0 saturated carbocycles. The van der Waals surface area contributed by atoms with Gasteiger partial charge < -0.3 is 19.1 Å². The highest BCUT2D eigenvalue weighted by molar-refractivity contribution is 6.35. The van der Waals surface area contributed by atoms with Crippen LogP contribution in [-0.4, -0.2) is 29.3 Å². The summed E-state index contributed by atoms with van der Waals surface area (Å²) in [5.74, 6) is 0.663. The van der Waals surface area contributed by atoms with Crippen LogP contribution in [0.3, 0.4) is 0 Å². The molecule has 0 saturated heterocycles. The summed E-state index contributed by atoms with van der Waals surface area (Å²) < 4.78 is 12.5. The second-order valence-corrected chi connectivity index (χ2v) is 7.26. The zero-order valence-electron chi connectivity index (χ0n) is 16.6. The number of benzene rings is 2. The van der Waals surface area contributed by atoms with Crippen molar-refractivity contribution in [3.63, 3.8) is 0 Å². The molecule has 2 aromatic carbocycles. The van der Waals surface area contributed by atoms with Crippen LogP contribution in [0.1, 0.15) is 19.8 Å². The number of ether oxygens (including phenoxy) is 2. The number of carbonyl (C=O) groups is 1. The maximum Gasteiger partial charge on any atom is 0.264 e. The molecule has 1 N–H and O–H groups in total. The summed E-state index contributed by atoms with van der Waals surface area (Å²) in [6, 6.07) is 10.3. The lowest BCUT2D eigenvalue weighted by molar-refractivity contribution is -0.118. The molecule has 158 valence electrons. The van der Waals surface area contributed by atoms with Gasteiger partial charge in [0.15, 0.2) is 5.69 Å². The van der Waals surface area contributed by atoms with Crippen LogP contribution in [0.2, 0.25) is 10.0 Å². The number of fused-ring (bicyclic) bond motifs is 1.